The Hall–Kier alpha value is -2.47. The number of carbonyl (C=O) groups excluding carboxylic acids is 1. The number of aromatic nitrogens is 1. The van der Waals surface area contributed by atoms with Gasteiger partial charge in [0.25, 0.3) is 0 Å². The first-order valence-electron chi connectivity index (χ1n) is 9.30. The van der Waals surface area contributed by atoms with E-state index in [9.17, 15) is 13.2 Å². The van der Waals surface area contributed by atoms with Crippen molar-refractivity contribution in [3.8, 4) is 11.3 Å². The van der Waals surface area contributed by atoms with Gasteiger partial charge in [0.2, 0.25) is 0 Å². The zero-order valence-corrected chi connectivity index (χ0v) is 19.6. The highest BCUT2D eigenvalue weighted by molar-refractivity contribution is 7.87. The molecule has 3 aromatic rings. The van der Waals surface area contributed by atoms with Crippen LogP contribution in [0, 0.1) is 0 Å². The number of anilines is 1. The van der Waals surface area contributed by atoms with E-state index >= 15 is 0 Å². The fraction of sp³-hybridized carbons (Fsp3) is 0.300. The minimum atomic E-state index is -4.34. The zero-order valence-electron chi connectivity index (χ0n) is 17.2. The topological polar surface area (TPSA) is 118 Å². The van der Waals surface area contributed by atoms with Gasteiger partial charge < -0.3 is 10.1 Å². The predicted octanol–water partition coefficient (Wildman–Crippen LogP) is 4.89. The van der Waals surface area contributed by atoms with Gasteiger partial charge in [-0.05, 0) is 56.3 Å². The third kappa shape index (κ3) is 7.31. The molecule has 31 heavy (non-hydrogen) atoms. The van der Waals surface area contributed by atoms with Crippen LogP contribution < -0.4 is 10.0 Å². The van der Waals surface area contributed by atoms with E-state index in [4.69, 9.17) is 14.3 Å². The molecule has 3 N–H and O–H groups in total. The van der Waals surface area contributed by atoms with Crippen molar-refractivity contribution in [1.29, 1.82) is 0 Å². The van der Waals surface area contributed by atoms with Crippen LogP contribution in [-0.4, -0.2) is 29.6 Å². The van der Waals surface area contributed by atoms with Gasteiger partial charge in [0.1, 0.15) is 10.6 Å². The van der Waals surface area contributed by atoms with Gasteiger partial charge in [0.05, 0.1) is 17.4 Å². The number of hydrogen-bond donors (Lipinski definition) is 3. The molecule has 0 saturated carbocycles. The Bertz CT molecular complexity index is 1120. The first-order valence-corrected chi connectivity index (χ1v) is 12.6. The Morgan fingerprint density at radius 2 is 1.90 bits per heavy atom. The molecule has 0 bridgehead atoms. The summed E-state index contributed by atoms with van der Waals surface area (Å²) in [6, 6.07) is 8.04. The highest BCUT2D eigenvalue weighted by Gasteiger charge is 2.23. The maximum absolute atomic E-state index is 12.4. The SMILES string of the molecule is CC(C)(C)OC(=O)NC(Cc1ccc(NS(=O)(=O)O)cc1)c1nc(-c2ccsc2)cs1. The Morgan fingerprint density at radius 1 is 1.19 bits per heavy atom. The monoisotopic (exact) mass is 481 g/mol. The molecule has 0 saturated heterocycles. The third-order valence-corrected chi connectivity index (χ3v) is 6.10. The maximum atomic E-state index is 12.4. The summed E-state index contributed by atoms with van der Waals surface area (Å²) in [5, 5.41) is 9.55. The number of rotatable bonds is 7. The molecular formula is C20H23N3O5S3. The van der Waals surface area contributed by atoms with Crippen molar-refractivity contribution < 1.29 is 22.5 Å². The summed E-state index contributed by atoms with van der Waals surface area (Å²) in [6.45, 7) is 5.38. The average Bonchev–Trinajstić information content (AvgIpc) is 3.31. The fourth-order valence-electron chi connectivity index (χ4n) is 2.73. The summed E-state index contributed by atoms with van der Waals surface area (Å²) in [4.78, 5) is 17.1. The normalized spacial score (nSPS) is 12.9. The second kappa shape index (κ2) is 9.35. The van der Waals surface area contributed by atoms with E-state index in [1.165, 1.54) is 23.5 Å². The lowest BCUT2D eigenvalue weighted by atomic mass is 10.1. The van der Waals surface area contributed by atoms with Gasteiger partial charge in [0, 0.05) is 16.3 Å². The summed E-state index contributed by atoms with van der Waals surface area (Å²) in [6.07, 6.45) is -0.128. The molecule has 1 aromatic carbocycles. The Kier molecular flexibility index (Phi) is 6.99. The van der Waals surface area contributed by atoms with E-state index in [0.717, 1.165) is 21.8 Å². The third-order valence-electron chi connectivity index (χ3n) is 3.97. The van der Waals surface area contributed by atoms with Crippen molar-refractivity contribution in [2.75, 3.05) is 4.72 Å². The van der Waals surface area contributed by atoms with Crippen LogP contribution in [0.15, 0.2) is 46.5 Å². The average molecular weight is 482 g/mol. The number of thiazole rings is 1. The smallest absolute Gasteiger partial charge is 0.408 e. The van der Waals surface area contributed by atoms with Gasteiger partial charge in [-0.2, -0.15) is 19.8 Å². The lowest BCUT2D eigenvalue weighted by molar-refractivity contribution is 0.0503. The Labute approximate surface area is 189 Å². The number of amides is 1. The minimum absolute atomic E-state index is 0.233. The van der Waals surface area contributed by atoms with Gasteiger partial charge in [0.15, 0.2) is 0 Å². The van der Waals surface area contributed by atoms with E-state index in [1.807, 2.05) is 26.9 Å². The molecule has 2 aromatic heterocycles. The second-order valence-corrected chi connectivity index (χ2v) is 10.6. The van der Waals surface area contributed by atoms with Crippen LogP contribution in [0.3, 0.4) is 0 Å². The van der Waals surface area contributed by atoms with Crippen LogP contribution in [0.2, 0.25) is 0 Å². The van der Waals surface area contributed by atoms with Gasteiger partial charge in [-0.25, -0.2) is 9.78 Å². The van der Waals surface area contributed by atoms with Gasteiger partial charge >= 0.3 is 16.4 Å². The van der Waals surface area contributed by atoms with E-state index in [0.29, 0.717) is 6.42 Å². The van der Waals surface area contributed by atoms with Crippen molar-refractivity contribution in [3.63, 3.8) is 0 Å². The molecule has 8 nitrogen and oxygen atoms in total. The molecule has 0 spiro atoms. The van der Waals surface area contributed by atoms with Crippen LogP contribution in [0.4, 0.5) is 10.5 Å². The van der Waals surface area contributed by atoms with Crippen molar-refractivity contribution in [1.82, 2.24) is 10.3 Å². The number of ether oxygens (including phenoxy) is 1. The molecule has 11 heteroatoms. The molecule has 1 atom stereocenters. The molecule has 0 fully saturated rings. The molecule has 1 unspecified atom stereocenters. The molecule has 2 heterocycles. The summed E-state index contributed by atoms with van der Waals surface area (Å²) in [5.41, 5.74) is 2.29. The van der Waals surface area contributed by atoms with E-state index in [2.05, 4.69) is 5.32 Å². The molecule has 166 valence electrons. The molecule has 0 aliphatic carbocycles. The molecule has 0 radical (unpaired) electrons. The number of hydrogen-bond acceptors (Lipinski definition) is 7. The summed E-state index contributed by atoms with van der Waals surface area (Å²) < 4.78 is 38.2. The summed E-state index contributed by atoms with van der Waals surface area (Å²) in [5.74, 6) is 0. The number of nitrogens with one attached hydrogen (secondary N) is 2. The van der Waals surface area contributed by atoms with Crippen molar-refractivity contribution >= 4 is 44.8 Å². The number of carbonyl (C=O) groups is 1. The predicted molar refractivity (Wildman–Crippen MR) is 123 cm³/mol. The Balaban J connectivity index is 1.81. The standard InChI is InChI=1S/C20H23N3O5S3/c1-20(2,3)28-19(24)22-16(18-21-17(12-30-18)14-8-9-29-11-14)10-13-4-6-15(7-5-13)23-31(25,26)27/h4-9,11-12,16,23H,10H2,1-3H3,(H,22,24)(H,25,26,27). The lowest BCUT2D eigenvalue weighted by Gasteiger charge is -2.23. The van der Waals surface area contributed by atoms with E-state index in [1.54, 1.807) is 44.2 Å². The van der Waals surface area contributed by atoms with Crippen LogP contribution in [0.5, 0.6) is 0 Å². The van der Waals surface area contributed by atoms with Gasteiger partial charge in [-0.3, -0.25) is 9.27 Å². The van der Waals surface area contributed by atoms with Crippen molar-refractivity contribution in [2.45, 2.75) is 38.8 Å². The molecule has 1 amide bonds. The van der Waals surface area contributed by atoms with E-state index in [-0.39, 0.29) is 5.69 Å². The molecule has 0 aliphatic heterocycles. The van der Waals surface area contributed by atoms with Crippen molar-refractivity contribution in [3.05, 3.63) is 57.0 Å². The number of nitrogens with zero attached hydrogens (tertiary/aromatic N) is 1. The number of alkyl carbamates (subject to hydrolysis) is 1. The molecule has 0 aliphatic rings. The van der Waals surface area contributed by atoms with Gasteiger partial charge in [-0.1, -0.05) is 12.1 Å². The molecular weight excluding hydrogens is 458 g/mol. The largest absolute Gasteiger partial charge is 0.444 e. The first-order chi connectivity index (χ1) is 14.5. The van der Waals surface area contributed by atoms with Crippen LogP contribution in [-0.2, 0) is 21.5 Å². The van der Waals surface area contributed by atoms with Gasteiger partial charge in [-0.15, -0.1) is 11.3 Å². The lowest BCUT2D eigenvalue weighted by Crippen LogP contribution is -2.35. The number of thiophene rings is 1. The maximum Gasteiger partial charge on any atom is 0.408 e. The number of benzene rings is 1. The molecule has 3 rings (SSSR count). The quantitative estimate of drug-likeness (QED) is 0.413. The summed E-state index contributed by atoms with van der Waals surface area (Å²) >= 11 is 3.03. The van der Waals surface area contributed by atoms with Crippen LogP contribution in [0.25, 0.3) is 11.3 Å². The summed E-state index contributed by atoms with van der Waals surface area (Å²) in [7, 11) is -4.34. The van der Waals surface area contributed by atoms with E-state index < -0.39 is 28.0 Å². The fourth-order valence-corrected chi connectivity index (χ4v) is 4.70. The minimum Gasteiger partial charge on any atom is -0.444 e. The van der Waals surface area contributed by atoms with Crippen LogP contribution in [0.1, 0.15) is 37.4 Å². The Morgan fingerprint density at radius 3 is 2.48 bits per heavy atom. The second-order valence-electron chi connectivity index (χ2n) is 7.76. The first kappa shape index (κ1) is 23.2. The van der Waals surface area contributed by atoms with Crippen LogP contribution >= 0.6 is 22.7 Å². The highest BCUT2D eigenvalue weighted by atomic mass is 32.2. The van der Waals surface area contributed by atoms with Crippen molar-refractivity contribution in [2.24, 2.45) is 0 Å². The highest BCUT2D eigenvalue weighted by Crippen LogP contribution is 2.29. The zero-order chi connectivity index (χ0) is 22.6.